The normalized spacial score (nSPS) is 10.6. The number of rotatable bonds is 7. The van der Waals surface area contributed by atoms with Crippen LogP contribution in [0, 0.1) is 12.7 Å². The van der Waals surface area contributed by atoms with E-state index in [1.165, 1.54) is 12.1 Å². The van der Waals surface area contributed by atoms with Gasteiger partial charge in [0.1, 0.15) is 11.6 Å². The molecule has 2 aromatic carbocycles. The van der Waals surface area contributed by atoms with E-state index in [0.29, 0.717) is 11.0 Å². The van der Waals surface area contributed by atoms with Crippen molar-refractivity contribution < 1.29 is 14.0 Å². The molecule has 0 saturated heterocycles. The fourth-order valence-corrected chi connectivity index (χ4v) is 3.28. The minimum Gasteiger partial charge on any atom is -0.325 e. The van der Waals surface area contributed by atoms with E-state index in [4.69, 9.17) is 0 Å². The number of aromatic nitrogens is 3. The maximum absolute atomic E-state index is 13.6. The van der Waals surface area contributed by atoms with E-state index < -0.39 is 5.82 Å². The molecular weight excluding hydrogens is 393 g/mol. The molecule has 0 atom stereocenters. The fourth-order valence-electron chi connectivity index (χ4n) is 2.55. The summed E-state index contributed by atoms with van der Waals surface area (Å²) >= 11 is 1.16. The average Bonchev–Trinajstić information content (AvgIpc) is 3.03. The summed E-state index contributed by atoms with van der Waals surface area (Å²) in [7, 11) is 1.73. The Kier molecular flexibility index (Phi) is 6.61. The monoisotopic (exact) mass is 413 g/mol. The number of anilines is 2. The number of thioether (sulfide) groups is 1. The average molecular weight is 413 g/mol. The number of halogens is 1. The van der Waals surface area contributed by atoms with Crippen LogP contribution in [-0.4, -0.2) is 32.3 Å². The molecule has 0 spiro atoms. The van der Waals surface area contributed by atoms with Crippen molar-refractivity contribution in [2.45, 2.75) is 18.5 Å². The first-order valence-corrected chi connectivity index (χ1v) is 9.83. The maximum atomic E-state index is 13.6. The molecule has 9 heteroatoms. The van der Waals surface area contributed by atoms with Gasteiger partial charge < -0.3 is 15.2 Å². The molecule has 3 rings (SSSR count). The highest BCUT2D eigenvalue weighted by Gasteiger charge is 2.15. The van der Waals surface area contributed by atoms with E-state index in [-0.39, 0.29) is 29.7 Å². The molecule has 150 valence electrons. The summed E-state index contributed by atoms with van der Waals surface area (Å²) in [4.78, 5) is 24.3. The van der Waals surface area contributed by atoms with Gasteiger partial charge in [-0.3, -0.25) is 9.59 Å². The van der Waals surface area contributed by atoms with Crippen LogP contribution in [0.4, 0.5) is 15.8 Å². The lowest BCUT2D eigenvalue weighted by Crippen LogP contribution is -2.18. The predicted molar refractivity (Wildman–Crippen MR) is 110 cm³/mol. The predicted octanol–water partition coefficient (Wildman–Crippen LogP) is 3.17. The van der Waals surface area contributed by atoms with Gasteiger partial charge in [-0.2, -0.15) is 0 Å². The van der Waals surface area contributed by atoms with Crippen LogP contribution in [0.2, 0.25) is 0 Å². The van der Waals surface area contributed by atoms with Gasteiger partial charge in [0, 0.05) is 12.7 Å². The molecule has 1 aromatic heterocycles. The Morgan fingerprint density at radius 3 is 2.38 bits per heavy atom. The molecule has 2 amide bonds. The summed E-state index contributed by atoms with van der Waals surface area (Å²) in [5, 5.41) is 13.9. The molecule has 3 aromatic rings. The Morgan fingerprint density at radius 1 is 1.00 bits per heavy atom. The van der Waals surface area contributed by atoms with Gasteiger partial charge >= 0.3 is 0 Å². The Hall–Kier alpha value is -3.20. The van der Waals surface area contributed by atoms with Gasteiger partial charge in [0.05, 0.1) is 17.9 Å². The van der Waals surface area contributed by atoms with Crippen molar-refractivity contribution in [3.05, 3.63) is 65.7 Å². The van der Waals surface area contributed by atoms with Crippen molar-refractivity contribution in [2.24, 2.45) is 7.05 Å². The number of hydrogen-bond acceptors (Lipinski definition) is 5. The Balaban J connectivity index is 1.55. The minimum atomic E-state index is -0.494. The van der Waals surface area contributed by atoms with Crippen molar-refractivity contribution >= 4 is 35.0 Å². The van der Waals surface area contributed by atoms with E-state index in [2.05, 4.69) is 20.8 Å². The Labute approximate surface area is 171 Å². The second-order valence-electron chi connectivity index (χ2n) is 6.31. The maximum Gasteiger partial charge on any atom is 0.234 e. The van der Waals surface area contributed by atoms with Crippen LogP contribution in [0.5, 0.6) is 0 Å². The van der Waals surface area contributed by atoms with E-state index >= 15 is 0 Å². The van der Waals surface area contributed by atoms with Crippen LogP contribution >= 0.6 is 11.8 Å². The molecule has 29 heavy (non-hydrogen) atoms. The van der Waals surface area contributed by atoms with Crippen molar-refractivity contribution in [1.29, 1.82) is 0 Å². The van der Waals surface area contributed by atoms with Gasteiger partial charge in [-0.25, -0.2) is 4.39 Å². The molecule has 0 saturated carbocycles. The summed E-state index contributed by atoms with van der Waals surface area (Å²) in [5.74, 6) is -0.541. The van der Waals surface area contributed by atoms with E-state index in [1.54, 1.807) is 23.7 Å². The number of hydrogen-bond donors (Lipinski definition) is 2. The van der Waals surface area contributed by atoms with Gasteiger partial charge in [-0.15, -0.1) is 10.2 Å². The number of aryl methyl sites for hydroxylation is 1. The number of nitrogens with one attached hydrogen (secondary N) is 2. The Bertz CT molecular complexity index is 1040. The molecule has 0 fully saturated rings. The molecule has 0 aliphatic carbocycles. The molecular formula is C20H20FN5O2S. The van der Waals surface area contributed by atoms with E-state index in [0.717, 1.165) is 23.0 Å². The number of carbonyl (C=O) groups is 2. The summed E-state index contributed by atoms with van der Waals surface area (Å²) in [6.07, 6.45) is 0.0554. The second-order valence-corrected chi connectivity index (χ2v) is 7.26. The van der Waals surface area contributed by atoms with Crippen LogP contribution in [-0.2, 0) is 23.1 Å². The number of para-hydroxylation sites is 2. The highest BCUT2D eigenvalue weighted by Crippen LogP contribution is 2.18. The topological polar surface area (TPSA) is 88.9 Å². The van der Waals surface area contributed by atoms with Gasteiger partial charge in [0.15, 0.2) is 5.16 Å². The minimum absolute atomic E-state index is 0.0374. The van der Waals surface area contributed by atoms with Crippen LogP contribution < -0.4 is 10.6 Å². The first kappa shape index (κ1) is 20.5. The van der Waals surface area contributed by atoms with Crippen molar-refractivity contribution in [1.82, 2.24) is 14.8 Å². The lowest BCUT2D eigenvalue weighted by molar-refractivity contribution is -0.116. The molecule has 0 unspecified atom stereocenters. The largest absolute Gasteiger partial charge is 0.325 e. The van der Waals surface area contributed by atoms with Gasteiger partial charge in [0.25, 0.3) is 0 Å². The van der Waals surface area contributed by atoms with Crippen LogP contribution in [0.25, 0.3) is 0 Å². The standard InChI is InChI=1S/C20H20FN5O2S/c1-13-7-3-5-9-15(13)22-18(27)11-17-24-25-20(26(17)2)29-12-19(28)23-16-10-6-4-8-14(16)21/h3-10H,11-12H2,1-2H3,(H,22,27)(H,23,28). The molecule has 0 aliphatic rings. The third-order valence-electron chi connectivity index (χ3n) is 4.14. The van der Waals surface area contributed by atoms with Crippen LogP contribution in [0.3, 0.4) is 0 Å². The molecule has 0 bridgehead atoms. The lowest BCUT2D eigenvalue weighted by atomic mass is 10.2. The third kappa shape index (κ3) is 5.41. The van der Waals surface area contributed by atoms with Gasteiger partial charge in [-0.1, -0.05) is 42.1 Å². The van der Waals surface area contributed by atoms with Crippen molar-refractivity contribution in [2.75, 3.05) is 16.4 Å². The van der Waals surface area contributed by atoms with E-state index in [9.17, 15) is 14.0 Å². The lowest BCUT2D eigenvalue weighted by Gasteiger charge is -2.08. The fraction of sp³-hybridized carbons (Fsp3) is 0.200. The van der Waals surface area contributed by atoms with Gasteiger partial charge in [-0.05, 0) is 30.7 Å². The molecule has 0 radical (unpaired) electrons. The second kappa shape index (κ2) is 9.33. The number of amides is 2. The zero-order chi connectivity index (χ0) is 20.8. The number of benzene rings is 2. The zero-order valence-corrected chi connectivity index (χ0v) is 16.8. The zero-order valence-electron chi connectivity index (χ0n) is 16.0. The molecule has 7 nitrogen and oxygen atoms in total. The van der Waals surface area contributed by atoms with Crippen LogP contribution in [0.15, 0.2) is 53.7 Å². The van der Waals surface area contributed by atoms with E-state index in [1.807, 2.05) is 31.2 Å². The molecule has 1 heterocycles. The summed E-state index contributed by atoms with van der Waals surface area (Å²) in [6.45, 7) is 1.92. The smallest absolute Gasteiger partial charge is 0.234 e. The van der Waals surface area contributed by atoms with Crippen molar-refractivity contribution in [3.8, 4) is 0 Å². The summed E-state index contributed by atoms with van der Waals surface area (Å²) in [5.41, 5.74) is 1.85. The summed E-state index contributed by atoms with van der Waals surface area (Å²) < 4.78 is 15.3. The number of nitrogens with zero attached hydrogens (tertiary/aromatic N) is 3. The Morgan fingerprint density at radius 2 is 1.66 bits per heavy atom. The first-order valence-electron chi connectivity index (χ1n) is 8.85. The third-order valence-corrected chi connectivity index (χ3v) is 5.16. The first-order chi connectivity index (χ1) is 13.9. The quantitative estimate of drug-likeness (QED) is 0.581. The highest BCUT2D eigenvalue weighted by molar-refractivity contribution is 7.99. The van der Waals surface area contributed by atoms with Crippen LogP contribution in [0.1, 0.15) is 11.4 Å². The number of carbonyl (C=O) groups excluding carboxylic acids is 2. The van der Waals surface area contributed by atoms with Crippen molar-refractivity contribution in [3.63, 3.8) is 0 Å². The SMILES string of the molecule is Cc1ccccc1NC(=O)Cc1nnc(SCC(=O)Nc2ccccc2F)n1C. The highest BCUT2D eigenvalue weighted by atomic mass is 32.2. The van der Waals surface area contributed by atoms with Gasteiger partial charge in [0.2, 0.25) is 11.8 Å². The molecule has 0 aliphatic heterocycles. The summed E-state index contributed by atoms with van der Waals surface area (Å²) in [6, 6.07) is 13.5. The molecule has 2 N–H and O–H groups in total.